The molecule has 8 heteroatoms. The van der Waals surface area contributed by atoms with Gasteiger partial charge < -0.3 is 9.32 Å². The molecule has 1 atom stereocenters. The number of furan rings is 1. The van der Waals surface area contributed by atoms with Gasteiger partial charge in [0.2, 0.25) is 5.95 Å². The first-order valence-electron chi connectivity index (χ1n) is 10.4. The summed E-state index contributed by atoms with van der Waals surface area (Å²) in [6, 6.07) is 18.6. The highest BCUT2D eigenvalue weighted by Crippen LogP contribution is 2.33. The Morgan fingerprint density at radius 2 is 1.97 bits per heavy atom. The third-order valence-electron chi connectivity index (χ3n) is 5.66. The van der Waals surface area contributed by atoms with Gasteiger partial charge in [-0.15, -0.1) is 5.10 Å². The third-order valence-corrected chi connectivity index (χ3v) is 6.19. The summed E-state index contributed by atoms with van der Waals surface area (Å²) in [5.41, 5.74) is 4.46. The van der Waals surface area contributed by atoms with Crippen LogP contribution in [0, 0.1) is 0 Å². The third kappa shape index (κ3) is 4.18. The first-order valence-corrected chi connectivity index (χ1v) is 11.2. The zero-order valence-electron chi connectivity index (χ0n) is 17.5. The minimum atomic E-state index is -0.355. The van der Waals surface area contributed by atoms with Gasteiger partial charge >= 0.3 is 0 Å². The van der Waals surface area contributed by atoms with E-state index >= 15 is 0 Å². The summed E-state index contributed by atoms with van der Waals surface area (Å²) in [7, 11) is 0. The van der Waals surface area contributed by atoms with Crippen LogP contribution in [0.5, 0.6) is 0 Å². The van der Waals surface area contributed by atoms with Gasteiger partial charge in [0.1, 0.15) is 6.33 Å². The van der Waals surface area contributed by atoms with E-state index in [4.69, 9.17) is 4.42 Å². The number of anilines is 2. The number of para-hydroxylation sites is 1. The summed E-state index contributed by atoms with van der Waals surface area (Å²) < 4.78 is 8.25. The minimum Gasteiger partial charge on any atom is -0.459 e. The van der Waals surface area contributed by atoms with Crippen molar-refractivity contribution in [3.63, 3.8) is 0 Å². The number of rotatable bonds is 6. The summed E-state index contributed by atoms with van der Waals surface area (Å²) in [6.45, 7) is 3.36. The van der Waals surface area contributed by atoms with Gasteiger partial charge in [0.15, 0.2) is 5.76 Å². The number of fused-ring (bicyclic) bond motifs is 1. The van der Waals surface area contributed by atoms with Gasteiger partial charge in [0.05, 0.1) is 12.8 Å². The van der Waals surface area contributed by atoms with Crippen molar-refractivity contribution in [3.8, 4) is 0 Å². The predicted octanol–water partition coefficient (Wildman–Crippen LogP) is 4.89. The summed E-state index contributed by atoms with van der Waals surface area (Å²) in [4.78, 5) is 19.4. The molecule has 1 aliphatic rings. The van der Waals surface area contributed by atoms with Crippen LogP contribution in [0.4, 0.5) is 11.6 Å². The molecule has 0 saturated carbocycles. The van der Waals surface area contributed by atoms with E-state index in [-0.39, 0.29) is 17.6 Å². The molecule has 3 heterocycles. The number of nitrogens with zero attached hydrogens (tertiary/aromatic N) is 4. The number of halogens is 1. The lowest BCUT2D eigenvalue weighted by Crippen LogP contribution is -2.29. The number of aromatic nitrogens is 3. The van der Waals surface area contributed by atoms with Crippen molar-refractivity contribution in [2.24, 2.45) is 0 Å². The number of hydrogen-bond donors (Lipinski definition) is 1. The fourth-order valence-electron chi connectivity index (χ4n) is 4.08. The van der Waals surface area contributed by atoms with Crippen LogP contribution in [0.25, 0.3) is 0 Å². The van der Waals surface area contributed by atoms with Crippen LogP contribution < -0.4 is 10.2 Å². The maximum absolute atomic E-state index is 12.9. The zero-order chi connectivity index (χ0) is 22.1. The van der Waals surface area contributed by atoms with Gasteiger partial charge in [0.25, 0.3) is 5.91 Å². The van der Waals surface area contributed by atoms with Crippen LogP contribution in [0.15, 0.2) is 76.1 Å². The molecule has 2 aromatic carbocycles. The molecule has 7 nitrogen and oxygen atoms in total. The molecule has 4 aromatic rings. The van der Waals surface area contributed by atoms with Crippen LogP contribution in [0.1, 0.15) is 34.2 Å². The quantitative estimate of drug-likeness (QED) is 0.415. The van der Waals surface area contributed by atoms with Crippen molar-refractivity contribution < 1.29 is 9.21 Å². The monoisotopic (exact) mass is 491 g/mol. The molecule has 32 heavy (non-hydrogen) atoms. The van der Waals surface area contributed by atoms with Crippen LogP contribution in [0.3, 0.4) is 0 Å². The topological polar surface area (TPSA) is 76.2 Å². The molecule has 0 aliphatic carbocycles. The first kappa shape index (κ1) is 20.5. The van der Waals surface area contributed by atoms with Gasteiger partial charge in [-0.1, -0.05) is 46.3 Å². The molecule has 0 spiro atoms. The Morgan fingerprint density at radius 1 is 1.16 bits per heavy atom. The number of amides is 1. The van der Waals surface area contributed by atoms with Crippen LogP contribution in [-0.4, -0.2) is 26.7 Å². The Kier molecular flexibility index (Phi) is 5.53. The molecule has 2 aromatic heterocycles. The van der Waals surface area contributed by atoms with Crippen molar-refractivity contribution in [1.29, 1.82) is 0 Å². The molecule has 162 valence electrons. The van der Waals surface area contributed by atoms with Crippen molar-refractivity contribution in [2.45, 2.75) is 32.5 Å². The minimum absolute atomic E-state index is 0.245. The second kappa shape index (κ2) is 8.63. The van der Waals surface area contributed by atoms with E-state index in [2.05, 4.69) is 61.4 Å². The lowest BCUT2D eigenvalue weighted by Gasteiger charge is -2.24. The highest BCUT2D eigenvalue weighted by atomic mass is 79.9. The standard InChI is InChI=1S/C24H22BrN5O2/c1-16-12-18-4-2-3-5-21(18)30(16)14-19-10-11-32-22(19)23(31)27-24-26-15-29(28-24)13-17-6-8-20(25)9-7-17/h2-11,15-16H,12-14H2,1H3,(H,27,28,31). The van der Waals surface area contributed by atoms with Crippen LogP contribution >= 0.6 is 15.9 Å². The Bertz CT molecular complexity index is 1250. The van der Waals surface area contributed by atoms with E-state index in [1.807, 2.05) is 36.4 Å². The van der Waals surface area contributed by atoms with Crippen molar-refractivity contribution in [2.75, 3.05) is 10.2 Å². The van der Waals surface area contributed by atoms with Gasteiger partial charge in [-0.3, -0.25) is 10.1 Å². The second-order valence-electron chi connectivity index (χ2n) is 7.93. The van der Waals surface area contributed by atoms with E-state index in [0.29, 0.717) is 19.1 Å². The number of carbonyl (C=O) groups is 1. The average molecular weight is 492 g/mol. The lowest BCUT2D eigenvalue weighted by molar-refractivity contribution is 0.0994. The van der Waals surface area contributed by atoms with Gasteiger partial charge in [0, 0.05) is 28.3 Å². The molecule has 1 amide bonds. The number of carbonyl (C=O) groups excluding carboxylic acids is 1. The summed E-state index contributed by atoms with van der Waals surface area (Å²) in [5.74, 6) is 0.173. The highest BCUT2D eigenvalue weighted by molar-refractivity contribution is 9.10. The van der Waals surface area contributed by atoms with E-state index in [9.17, 15) is 4.79 Å². The van der Waals surface area contributed by atoms with E-state index in [0.717, 1.165) is 22.0 Å². The smallest absolute Gasteiger partial charge is 0.294 e. The zero-order valence-corrected chi connectivity index (χ0v) is 19.1. The Balaban J connectivity index is 1.27. The summed E-state index contributed by atoms with van der Waals surface area (Å²) >= 11 is 3.43. The molecular weight excluding hydrogens is 470 g/mol. The normalized spacial score (nSPS) is 15.1. The Morgan fingerprint density at radius 3 is 2.81 bits per heavy atom. The SMILES string of the molecule is CC1Cc2ccccc2N1Cc1ccoc1C(=O)Nc1ncn(Cc2ccc(Br)cc2)n1. The number of benzene rings is 2. The molecule has 0 radical (unpaired) electrons. The van der Waals surface area contributed by atoms with E-state index in [1.165, 1.54) is 11.3 Å². The molecule has 1 N–H and O–H groups in total. The summed E-state index contributed by atoms with van der Waals surface area (Å²) in [5, 5.41) is 7.12. The molecule has 1 unspecified atom stereocenters. The van der Waals surface area contributed by atoms with Crippen LogP contribution in [-0.2, 0) is 19.5 Å². The maximum Gasteiger partial charge on any atom is 0.294 e. The highest BCUT2D eigenvalue weighted by Gasteiger charge is 2.28. The Labute approximate surface area is 194 Å². The predicted molar refractivity (Wildman–Crippen MR) is 126 cm³/mol. The fraction of sp³-hybridized carbons (Fsp3) is 0.208. The van der Waals surface area contributed by atoms with Crippen LogP contribution in [0.2, 0.25) is 0 Å². The van der Waals surface area contributed by atoms with E-state index in [1.54, 1.807) is 17.3 Å². The van der Waals surface area contributed by atoms with Gasteiger partial charge in [-0.25, -0.2) is 9.67 Å². The van der Waals surface area contributed by atoms with Gasteiger partial charge in [-0.2, -0.15) is 0 Å². The van der Waals surface area contributed by atoms with Crippen molar-refractivity contribution in [1.82, 2.24) is 14.8 Å². The average Bonchev–Trinajstić information content (AvgIpc) is 3.50. The molecule has 0 saturated heterocycles. The molecule has 0 bridgehead atoms. The van der Waals surface area contributed by atoms with E-state index < -0.39 is 0 Å². The Hall–Kier alpha value is -3.39. The molecule has 1 aliphatic heterocycles. The number of hydrogen-bond acceptors (Lipinski definition) is 5. The van der Waals surface area contributed by atoms with Crippen molar-refractivity contribution >= 4 is 33.5 Å². The molecule has 0 fully saturated rings. The fourth-order valence-corrected chi connectivity index (χ4v) is 4.34. The van der Waals surface area contributed by atoms with Gasteiger partial charge in [-0.05, 0) is 48.7 Å². The lowest BCUT2D eigenvalue weighted by atomic mass is 10.1. The second-order valence-corrected chi connectivity index (χ2v) is 8.85. The largest absolute Gasteiger partial charge is 0.459 e. The number of nitrogens with one attached hydrogen (secondary N) is 1. The molecular formula is C24H22BrN5O2. The molecule has 5 rings (SSSR count). The first-order chi connectivity index (χ1) is 15.6. The summed E-state index contributed by atoms with van der Waals surface area (Å²) in [6.07, 6.45) is 4.15. The maximum atomic E-state index is 12.9. The van der Waals surface area contributed by atoms with Crippen molar-refractivity contribution in [3.05, 3.63) is 94.1 Å².